The van der Waals surface area contributed by atoms with Crippen LogP contribution in [0.2, 0.25) is 0 Å². The molecule has 1 atom stereocenters. The van der Waals surface area contributed by atoms with Crippen LogP contribution in [0.1, 0.15) is 13.8 Å². The summed E-state index contributed by atoms with van der Waals surface area (Å²) >= 11 is 0. The van der Waals surface area contributed by atoms with Crippen LogP contribution in [0.5, 0.6) is 0 Å². The average molecular weight is 116 g/mol. The Labute approximate surface area is 51.2 Å². The molecule has 0 rings (SSSR count). The van der Waals surface area contributed by atoms with Crippen molar-refractivity contribution in [3.8, 4) is 0 Å². The Morgan fingerprint density at radius 1 is 1.75 bits per heavy atom. The molecule has 8 heavy (non-hydrogen) atoms. The van der Waals surface area contributed by atoms with E-state index in [1.807, 2.05) is 13.8 Å². The van der Waals surface area contributed by atoms with Crippen molar-refractivity contribution in [1.82, 2.24) is 5.32 Å². The lowest BCUT2D eigenvalue weighted by molar-refractivity contribution is 0.0631. The van der Waals surface area contributed by atoms with Crippen LogP contribution in [-0.2, 0) is 4.74 Å². The molecule has 0 spiro atoms. The minimum atomic E-state index is 0.150. The van der Waals surface area contributed by atoms with Crippen molar-refractivity contribution >= 4 is 0 Å². The molecule has 0 saturated carbocycles. The van der Waals surface area contributed by atoms with E-state index in [0.29, 0.717) is 6.61 Å². The number of hydrogen-bond acceptors (Lipinski definition) is 2. The summed E-state index contributed by atoms with van der Waals surface area (Å²) in [7, 11) is 0. The van der Waals surface area contributed by atoms with Gasteiger partial charge in [0.05, 0.1) is 0 Å². The van der Waals surface area contributed by atoms with Gasteiger partial charge in [0.2, 0.25) is 0 Å². The van der Waals surface area contributed by atoms with E-state index in [1.165, 1.54) is 0 Å². The molecule has 0 amide bonds. The van der Waals surface area contributed by atoms with Crippen molar-refractivity contribution in [2.45, 2.75) is 20.1 Å². The Kier molecular flexibility index (Phi) is 5.01. The van der Waals surface area contributed by atoms with Crippen LogP contribution >= 0.6 is 0 Å². The molecule has 0 aromatic heterocycles. The molecule has 0 aliphatic rings. The third kappa shape index (κ3) is 4.09. The van der Waals surface area contributed by atoms with Crippen LogP contribution in [0.15, 0.2) is 0 Å². The monoisotopic (exact) mass is 116 g/mol. The van der Waals surface area contributed by atoms with Gasteiger partial charge in [0.25, 0.3) is 0 Å². The van der Waals surface area contributed by atoms with E-state index >= 15 is 0 Å². The SMILES string of the molecule is [CH2]COC(C)NCC. The molecule has 0 aliphatic carbocycles. The number of ether oxygens (including phenoxy) is 1. The average Bonchev–Trinajstić information content (AvgIpc) is 1.68. The van der Waals surface area contributed by atoms with Crippen LogP contribution in [-0.4, -0.2) is 19.4 Å². The topological polar surface area (TPSA) is 21.3 Å². The molecule has 0 saturated heterocycles. The maximum atomic E-state index is 5.06. The Hall–Kier alpha value is -0.0800. The van der Waals surface area contributed by atoms with Crippen molar-refractivity contribution in [3.63, 3.8) is 0 Å². The second kappa shape index (κ2) is 5.06. The van der Waals surface area contributed by atoms with Crippen molar-refractivity contribution in [3.05, 3.63) is 6.92 Å². The first-order valence-electron chi connectivity index (χ1n) is 2.95. The maximum absolute atomic E-state index is 5.06. The molecule has 2 nitrogen and oxygen atoms in total. The van der Waals surface area contributed by atoms with Gasteiger partial charge in [0, 0.05) is 6.61 Å². The van der Waals surface area contributed by atoms with Gasteiger partial charge in [-0.2, -0.15) is 0 Å². The van der Waals surface area contributed by atoms with Gasteiger partial charge >= 0.3 is 0 Å². The van der Waals surface area contributed by atoms with Crippen LogP contribution < -0.4 is 5.32 Å². The van der Waals surface area contributed by atoms with Crippen molar-refractivity contribution in [2.75, 3.05) is 13.2 Å². The standard InChI is InChI=1S/C6H14NO/c1-4-7-6(3)8-5-2/h6-7H,2,4-5H2,1,3H3. The fourth-order valence-electron chi connectivity index (χ4n) is 0.523. The molecular weight excluding hydrogens is 102 g/mol. The van der Waals surface area contributed by atoms with Crippen molar-refractivity contribution in [2.24, 2.45) is 0 Å². The summed E-state index contributed by atoms with van der Waals surface area (Å²) in [6.07, 6.45) is 0.150. The predicted molar refractivity (Wildman–Crippen MR) is 34.4 cm³/mol. The van der Waals surface area contributed by atoms with Gasteiger partial charge in [-0.15, -0.1) is 0 Å². The molecule has 0 fully saturated rings. The van der Waals surface area contributed by atoms with Gasteiger partial charge in [0.15, 0.2) is 0 Å². The Balaban J connectivity index is 2.92. The predicted octanol–water partition coefficient (Wildman–Crippen LogP) is 0.793. The fourth-order valence-corrected chi connectivity index (χ4v) is 0.523. The molecule has 0 bridgehead atoms. The second-order valence-corrected chi connectivity index (χ2v) is 1.57. The molecule has 1 N–H and O–H groups in total. The summed E-state index contributed by atoms with van der Waals surface area (Å²) in [4.78, 5) is 0. The van der Waals surface area contributed by atoms with Gasteiger partial charge < -0.3 is 4.74 Å². The van der Waals surface area contributed by atoms with E-state index in [1.54, 1.807) is 0 Å². The number of rotatable bonds is 4. The molecule has 0 aromatic carbocycles. The van der Waals surface area contributed by atoms with Crippen molar-refractivity contribution in [1.29, 1.82) is 0 Å². The summed E-state index contributed by atoms with van der Waals surface area (Å²) in [5.74, 6) is 0. The van der Waals surface area contributed by atoms with E-state index in [0.717, 1.165) is 6.54 Å². The summed E-state index contributed by atoms with van der Waals surface area (Å²) in [6.45, 7) is 9.04. The van der Waals surface area contributed by atoms with E-state index < -0.39 is 0 Å². The van der Waals surface area contributed by atoms with E-state index in [4.69, 9.17) is 4.74 Å². The van der Waals surface area contributed by atoms with Gasteiger partial charge in [-0.05, 0) is 20.4 Å². The Morgan fingerprint density at radius 3 is 2.75 bits per heavy atom. The third-order valence-corrected chi connectivity index (χ3v) is 0.859. The van der Waals surface area contributed by atoms with Gasteiger partial charge in [-0.1, -0.05) is 6.92 Å². The maximum Gasteiger partial charge on any atom is 0.105 e. The highest BCUT2D eigenvalue weighted by Crippen LogP contribution is 1.81. The molecule has 0 aliphatic heterocycles. The largest absolute Gasteiger partial charge is 0.364 e. The zero-order valence-corrected chi connectivity index (χ0v) is 5.61. The molecule has 0 heterocycles. The first kappa shape index (κ1) is 7.92. The van der Waals surface area contributed by atoms with Crippen molar-refractivity contribution < 1.29 is 4.74 Å². The number of nitrogens with one attached hydrogen (secondary N) is 1. The zero-order chi connectivity index (χ0) is 6.41. The highest BCUT2D eigenvalue weighted by Gasteiger charge is 1.93. The molecule has 0 aromatic rings. The molecule has 2 heteroatoms. The molecule has 49 valence electrons. The summed E-state index contributed by atoms with van der Waals surface area (Å²) < 4.78 is 5.06. The van der Waals surface area contributed by atoms with E-state index in [2.05, 4.69) is 12.2 Å². The number of hydrogen-bond donors (Lipinski definition) is 1. The second-order valence-electron chi connectivity index (χ2n) is 1.57. The Bertz CT molecular complexity index is 41.8. The van der Waals surface area contributed by atoms with Gasteiger partial charge in [-0.25, -0.2) is 0 Å². The molecular formula is C6H14NO. The van der Waals surface area contributed by atoms with Crippen LogP contribution in [0, 0.1) is 6.92 Å². The highest BCUT2D eigenvalue weighted by molar-refractivity contribution is 4.44. The third-order valence-electron chi connectivity index (χ3n) is 0.859. The minimum Gasteiger partial charge on any atom is -0.364 e. The van der Waals surface area contributed by atoms with Gasteiger partial charge in [0.1, 0.15) is 6.23 Å². The highest BCUT2D eigenvalue weighted by atomic mass is 16.5. The van der Waals surface area contributed by atoms with Crippen LogP contribution in [0.4, 0.5) is 0 Å². The van der Waals surface area contributed by atoms with Crippen LogP contribution in [0.25, 0.3) is 0 Å². The van der Waals surface area contributed by atoms with Crippen LogP contribution in [0.3, 0.4) is 0 Å². The summed E-state index contributed by atoms with van der Waals surface area (Å²) in [6, 6.07) is 0. The van der Waals surface area contributed by atoms with Gasteiger partial charge in [-0.3, -0.25) is 5.32 Å². The molecule has 1 unspecified atom stereocenters. The summed E-state index contributed by atoms with van der Waals surface area (Å²) in [5, 5.41) is 3.08. The minimum absolute atomic E-state index is 0.150. The normalized spacial score (nSPS) is 13.9. The van der Waals surface area contributed by atoms with E-state index in [9.17, 15) is 0 Å². The lowest BCUT2D eigenvalue weighted by Gasteiger charge is -2.10. The summed E-state index contributed by atoms with van der Waals surface area (Å²) in [5.41, 5.74) is 0. The Morgan fingerprint density at radius 2 is 2.38 bits per heavy atom. The lowest BCUT2D eigenvalue weighted by atomic mass is 10.6. The fraction of sp³-hybridized carbons (Fsp3) is 0.833. The zero-order valence-electron chi connectivity index (χ0n) is 5.61. The smallest absolute Gasteiger partial charge is 0.105 e. The molecule has 1 radical (unpaired) electrons. The lowest BCUT2D eigenvalue weighted by Crippen LogP contribution is -2.28. The van der Waals surface area contributed by atoms with E-state index in [-0.39, 0.29) is 6.23 Å². The first-order valence-corrected chi connectivity index (χ1v) is 2.95. The first-order chi connectivity index (χ1) is 3.81. The quantitative estimate of drug-likeness (QED) is 0.548.